The van der Waals surface area contributed by atoms with Gasteiger partial charge in [-0.3, -0.25) is 9.59 Å². The van der Waals surface area contributed by atoms with Crippen molar-refractivity contribution in [1.82, 2.24) is 5.01 Å². The van der Waals surface area contributed by atoms with E-state index in [0.29, 0.717) is 18.4 Å². The van der Waals surface area contributed by atoms with Gasteiger partial charge in [-0.1, -0.05) is 61.9 Å². The van der Waals surface area contributed by atoms with Gasteiger partial charge >= 0.3 is 5.91 Å². The van der Waals surface area contributed by atoms with Gasteiger partial charge in [0.25, 0.3) is 5.78 Å². The van der Waals surface area contributed by atoms with Crippen molar-refractivity contribution in [2.75, 3.05) is 12.0 Å². The second-order valence-corrected chi connectivity index (χ2v) is 9.89. The number of Topliss-reactive ketones (excluding diaryl/α,β-unsaturated/α-hetero) is 1. The van der Waals surface area contributed by atoms with Gasteiger partial charge in [0.1, 0.15) is 0 Å². The van der Waals surface area contributed by atoms with E-state index in [0.717, 1.165) is 33.5 Å². The number of nitrogens with zero attached hydrogens (tertiary/aromatic N) is 2. The third kappa shape index (κ3) is 6.85. The van der Waals surface area contributed by atoms with Crippen LogP contribution in [0.1, 0.15) is 53.4 Å². The monoisotopic (exact) mass is 442 g/mol. The Kier molecular flexibility index (Phi) is 8.28. The predicted octanol–water partition coefficient (Wildman–Crippen LogP) is 3.75. The number of carbonyl (C=O) groups excluding carboxylic acids is 2. The Bertz CT molecular complexity index is 1060. The van der Waals surface area contributed by atoms with E-state index in [1.54, 1.807) is 0 Å². The largest absolute Gasteiger partial charge is 0.315 e. The minimum absolute atomic E-state index is 0.0707. The Morgan fingerprint density at radius 2 is 1.55 bits per heavy atom. The molecule has 0 heterocycles. The van der Waals surface area contributed by atoms with Gasteiger partial charge < -0.3 is 0 Å². The van der Waals surface area contributed by atoms with Gasteiger partial charge in [0, 0.05) is 11.8 Å². The lowest BCUT2D eigenvalue weighted by molar-refractivity contribution is -0.127. The molecule has 2 aromatic rings. The van der Waals surface area contributed by atoms with Crippen LogP contribution >= 0.6 is 0 Å². The standard InChI is InChI=1S/C24H30N2O4S/c1-6-20-13-17(3)14-21(7-2)22(20)23(27)24(28)26(15-19-11-9-8-10-12-19)25-18(4)16-31(5,29)30/h8-14H,6-7,15-16H2,1-5H3. The average molecular weight is 443 g/mol. The molecule has 6 nitrogen and oxygen atoms in total. The summed E-state index contributed by atoms with van der Waals surface area (Å²) in [4.78, 5) is 26.6. The zero-order chi connectivity index (χ0) is 23.2. The van der Waals surface area contributed by atoms with Crippen molar-refractivity contribution in [3.05, 3.63) is 70.3 Å². The Hall–Kier alpha value is -2.80. The summed E-state index contributed by atoms with van der Waals surface area (Å²) in [5.74, 6) is -1.68. The SMILES string of the molecule is CCc1cc(C)cc(CC)c1C(=O)C(=O)N(Cc1ccccc1)N=C(C)CS(C)(=O)=O. The van der Waals surface area contributed by atoms with Crippen LogP contribution in [0.4, 0.5) is 0 Å². The molecule has 7 heteroatoms. The van der Waals surface area contributed by atoms with E-state index >= 15 is 0 Å². The second-order valence-electron chi connectivity index (χ2n) is 7.75. The molecule has 166 valence electrons. The van der Waals surface area contributed by atoms with Gasteiger partial charge in [-0.15, -0.1) is 0 Å². The Morgan fingerprint density at radius 1 is 1.00 bits per heavy atom. The summed E-state index contributed by atoms with van der Waals surface area (Å²) in [7, 11) is -3.32. The molecule has 0 saturated heterocycles. The van der Waals surface area contributed by atoms with E-state index in [4.69, 9.17) is 0 Å². The van der Waals surface area contributed by atoms with Crippen LogP contribution in [0.5, 0.6) is 0 Å². The first kappa shape index (κ1) is 24.5. The predicted molar refractivity (Wildman–Crippen MR) is 124 cm³/mol. The molecule has 0 aliphatic carbocycles. The lowest BCUT2D eigenvalue weighted by atomic mass is 9.92. The molecule has 0 bridgehead atoms. The summed E-state index contributed by atoms with van der Waals surface area (Å²) < 4.78 is 23.3. The van der Waals surface area contributed by atoms with Crippen LogP contribution in [-0.2, 0) is 34.0 Å². The zero-order valence-electron chi connectivity index (χ0n) is 18.8. The van der Waals surface area contributed by atoms with Crippen LogP contribution in [0, 0.1) is 6.92 Å². The van der Waals surface area contributed by atoms with Gasteiger partial charge in [0.15, 0.2) is 9.84 Å². The smallest absolute Gasteiger partial charge is 0.283 e. The molecule has 0 aromatic heterocycles. The van der Waals surface area contributed by atoms with Gasteiger partial charge in [-0.25, -0.2) is 13.4 Å². The maximum absolute atomic E-state index is 13.3. The number of rotatable bonds is 9. The van der Waals surface area contributed by atoms with E-state index in [9.17, 15) is 18.0 Å². The molecule has 2 aromatic carbocycles. The number of amides is 1. The third-order valence-electron chi connectivity index (χ3n) is 4.80. The highest BCUT2D eigenvalue weighted by molar-refractivity contribution is 7.91. The third-order valence-corrected chi connectivity index (χ3v) is 5.74. The molecule has 0 atom stereocenters. The number of hydrogen-bond donors (Lipinski definition) is 0. The number of hydrazone groups is 1. The molecule has 0 spiro atoms. The van der Waals surface area contributed by atoms with Crippen molar-refractivity contribution < 1.29 is 18.0 Å². The second kappa shape index (κ2) is 10.5. The Morgan fingerprint density at radius 3 is 2.03 bits per heavy atom. The number of benzene rings is 2. The fourth-order valence-corrected chi connectivity index (χ4v) is 4.36. The molecule has 31 heavy (non-hydrogen) atoms. The minimum atomic E-state index is -3.32. The van der Waals surface area contributed by atoms with Crippen molar-refractivity contribution >= 4 is 27.2 Å². The van der Waals surface area contributed by atoms with Crippen molar-refractivity contribution in [2.24, 2.45) is 5.10 Å². The number of ketones is 1. The van der Waals surface area contributed by atoms with Crippen molar-refractivity contribution in [2.45, 2.75) is 47.1 Å². The van der Waals surface area contributed by atoms with Crippen LogP contribution < -0.4 is 0 Å². The highest BCUT2D eigenvalue weighted by Crippen LogP contribution is 2.21. The normalized spacial score (nSPS) is 12.0. The van der Waals surface area contributed by atoms with Gasteiger partial charge in [0.2, 0.25) is 0 Å². The summed E-state index contributed by atoms with van der Waals surface area (Å²) in [6.07, 6.45) is 2.35. The molecule has 0 saturated carbocycles. The van der Waals surface area contributed by atoms with Crippen LogP contribution in [0.15, 0.2) is 47.6 Å². The van der Waals surface area contributed by atoms with Crippen molar-refractivity contribution in [3.8, 4) is 0 Å². The number of carbonyl (C=O) groups is 2. The van der Waals surface area contributed by atoms with Gasteiger partial charge in [0.05, 0.1) is 18.0 Å². The first-order chi connectivity index (χ1) is 14.6. The molecular weight excluding hydrogens is 412 g/mol. The lowest BCUT2D eigenvalue weighted by Gasteiger charge is -2.20. The Balaban J connectivity index is 2.49. The highest BCUT2D eigenvalue weighted by Gasteiger charge is 2.27. The summed E-state index contributed by atoms with van der Waals surface area (Å²) in [5.41, 5.74) is 4.15. The van der Waals surface area contributed by atoms with Crippen molar-refractivity contribution in [1.29, 1.82) is 0 Å². The fraction of sp³-hybridized carbons (Fsp3) is 0.375. The summed E-state index contributed by atoms with van der Waals surface area (Å²) in [6.45, 7) is 7.48. The van der Waals surface area contributed by atoms with Crippen LogP contribution in [0.2, 0.25) is 0 Å². The molecule has 0 aliphatic heterocycles. The highest BCUT2D eigenvalue weighted by atomic mass is 32.2. The minimum Gasteiger partial charge on any atom is -0.283 e. The van der Waals surface area contributed by atoms with E-state index in [1.165, 1.54) is 6.92 Å². The van der Waals surface area contributed by atoms with E-state index in [-0.39, 0.29) is 18.0 Å². The Labute approximate surface area is 184 Å². The maximum atomic E-state index is 13.3. The average Bonchev–Trinajstić information content (AvgIpc) is 2.70. The maximum Gasteiger partial charge on any atom is 0.315 e. The van der Waals surface area contributed by atoms with E-state index in [2.05, 4.69) is 5.10 Å². The van der Waals surface area contributed by atoms with E-state index < -0.39 is 21.5 Å². The number of sulfone groups is 1. The van der Waals surface area contributed by atoms with Crippen molar-refractivity contribution in [3.63, 3.8) is 0 Å². The van der Waals surface area contributed by atoms with Crippen LogP contribution in [-0.4, -0.2) is 42.8 Å². The molecular formula is C24H30N2O4S. The van der Waals surface area contributed by atoms with Gasteiger partial charge in [-0.05, 0) is 43.4 Å². The number of aryl methyl sites for hydroxylation is 3. The summed E-state index contributed by atoms with van der Waals surface area (Å²) in [6, 6.07) is 13.0. The molecule has 0 unspecified atom stereocenters. The summed E-state index contributed by atoms with van der Waals surface area (Å²) >= 11 is 0. The van der Waals surface area contributed by atoms with E-state index in [1.807, 2.05) is 63.2 Å². The van der Waals surface area contributed by atoms with Gasteiger partial charge in [-0.2, -0.15) is 5.10 Å². The molecule has 0 aliphatic rings. The molecule has 2 rings (SSSR count). The van der Waals surface area contributed by atoms with Crippen LogP contribution in [0.3, 0.4) is 0 Å². The quantitative estimate of drug-likeness (QED) is 0.256. The number of hydrogen-bond acceptors (Lipinski definition) is 5. The molecule has 0 N–H and O–H groups in total. The molecule has 1 amide bonds. The molecule has 0 fully saturated rings. The molecule has 0 radical (unpaired) electrons. The van der Waals surface area contributed by atoms with Crippen LogP contribution in [0.25, 0.3) is 0 Å². The zero-order valence-corrected chi connectivity index (χ0v) is 19.6. The fourth-order valence-electron chi connectivity index (χ4n) is 3.54. The topological polar surface area (TPSA) is 83.9 Å². The summed E-state index contributed by atoms with van der Waals surface area (Å²) in [5, 5.41) is 5.31. The first-order valence-electron chi connectivity index (χ1n) is 10.3. The first-order valence-corrected chi connectivity index (χ1v) is 12.4. The lowest BCUT2D eigenvalue weighted by Crippen LogP contribution is -2.34.